The van der Waals surface area contributed by atoms with Crippen molar-refractivity contribution < 1.29 is 22.8 Å². The third kappa shape index (κ3) is 5.90. The van der Waals surface area contributed by atoms with Gasteiger partial charge in [0.05, 0.1) is 6.54 Å². The number of nitrogens with one attached hydrogen (secondary N) is 2. The number of carbonyl (C=O) groups is 2. The van der Waals surface area contributed by atoms with Crippen LogP contribution in [-0.2, 0) is 9.59 Å². The van der Waals surface area contributed by atoms with Gasteiger partial charge in [0.2, 0.25) is 5.91 Å². The molecule has 23 heavy (non-hydrogen) atoms. The Morgan fingerprint density at radius 2 is 1.74 bits per heavy atom. The van der Waals surface area contributed by atoms with Crippen LogP contribution in [0.4, 0.5) is 24.5 Å². The molecule has 0 radical (unpaired) electrons. The second-order valence-electron chi connectivity index (χ2n) is 4.99. The molecule has 0 saturated heterocycles. The molecule has 1 aromatic rings. The Kier molecular flexibility index (Phi) is 6.56. The fraction of sp³-hybridized carbons (Fsp3) is 0.467. The van der Waals surface area contributed by atoms with Gasteiger partial charge in [-0.3, -0.25) is 14.5 Å². The van der Waals surface area contributed by atoms with Crippen LogP contribution in [-0.4, -0.2) is 42.5 Å². The van der Waals surface area contributed by atoms with Crippen LogP contribution in [0, 0.1) is 6.92 Å². The molecule has 0 aromatic heterocycles. The summed E-state index contributed by atoms with van der Waals surface area (Å²) in [6, 6.07) is 4.14. The number of nitrogens with zero attached hydrogens (tertiary/aromatic N) is 1. The molecule has 0 aliphatic rings. The first-order valence-corrected chi connectivity index (χ1v) is 7.18. The van der Waals surface area contributed by atoms with E-state index < -0.39 is 12.1 Å². The SMILES string of the molecule is CCN(CC)CC(=O)Nc1ccc(NC(=O)C(F)(F)F)cc1C. The van der Waals surface area contributed by atoms with Crippen LogP contribution < -0.4 is 10.6 Å². The number of aryl methyl sites for hydroxylation is 1. The van der Waals surface area contributed by atoms with Crippen LogP contribution in [0.5, 0.6) is 0 Å². The standard InChI is InChI=1S/C15H20F3N3O2/c1-4-21(5-2)9-13(22)20-12-7-6-11(8-10(12)3)19-14(23)15(16,17)18/h6-8H,4-5,9H2,1-3H3,(H,19,23)(H,20,22). The average Bonchev–Trinajstić information content (AvgIpc) is 2.46. The first-order valence-electron chi connectivity index (χ1n) is 7.18. The minimum absolute atomic E-state index is 0.0200. The maximum Gasteiger partial charge on any atom is 0.471 e. The van der Waals surface area contributed by atoms with E-state index in [1.807, 2.05) is 18.7 Å². The van der Waals surface area contributed by atoms with Gasteiger partial charge in [0, 0.05) is 11.4 Å². The van der Waals surface area contributed by atoms with Crippen LogP contribution in [0.1, 0.15) is 19.4 Å². The van der Waals surface area contributed by atoms with Gasteiger partial charge in [-0.1, -0.05) is 13.8 Å². The van der Waals surface area contributed by atoms with E-state index in [0.29, 0.717) is 11.3 Å². The van der Waals surface area contributed by atoms with Crippen molar-refractivity contribution >= 4 is 23.2 Å². The largest absolute Gasteiger partial charge is 0.471 e. The molecule has 1 rings (SSSR count). The second kappa shape index (κ2) is 7.96. The molecule has 0 bridgehead atoms. The Balaban J connectivity index is 2.73. The summed E-state index contributed by atoms with van der Waals surface area (Å²) in [5.41, 5.74) is 1.07. The highest BCUT2D eigenvalue weighted by molar-refractivity contribution is 5.96. The molecule has 0 spiro atoms. The van der Waals surface area contributed by atoms with Crippen molar-refractivity contribution in [3.05, 3.63) is 23.8 Å². The van der Waals surface area contributed by atoms with Gasteiger partial charge in [-0.25, -0.2) is 0 Å². The number of hydrogen-bond acceptors (Lipinski definition) is 3. The monoisotopic (exact) mass is 331 g/mol. The smallest absolute Gasteiger partial charge is 0.325 e. The van der Waals surface area contributed by atoms with Gasteiger partial charge >= 0.3 is 12.1 Å². The molecule has 8 heteroatoms. The van der Waals surface area contributed by atoms with Crippen molar-refractivity contribution in [3.63, 3.8) is 0 Å². The molecule has 0 atom stereocenters. The molecule has 0 unspecified atom stereocenters. The molecule has 0 aliphatic heterocycles. The summed E-state index contributed by atoms with van der Waals surface area (Å²) in [5.74, 6) is -2.24. The van der Waals surface area contributed by atoms with Crippen molar-refractivity contribution in [1.82, 2.24) is 4.90 Å². The van der Waals surface area contributed by atoms with Crippen molar-refractivity contribution in [1.29, 1.82) is 0 Å². The lowest BCUT2D eigenvalue weighted by Gasteiger charge is -2.18. The van der Waals surface area contributed by atoms with Crippen molar-refractivity contribution in [2.75, 3.05) is 30.3 Å². The van der Waals surface area contributed by atoms with Gasteiger partial charge in [0.15, 0.2) is 0 Å². The molecule has 0 heterocycles. The van der Waals surface area contributed by atoms with E-state index in [2.05, 4.69) is 5.32 Å². The lowest BCUT2D eigenvalue weighted by atomic mass is 10.1. The van der Waals surface area contributed by atoms with E-state index in [0.717, 1.165) is 13.1 Å². The number of hydrogen-bond donors (Lipinski definition) is 2. The van der Waals surface area contributed by atoms with Gasteiger partial charge in [0.25, 0.3) is 0 Å². The predicted octanol–water partition coefficient (Wildman–Crippen LogP) is 2.78. The number of rotatable bonds is 6. The third-order valence-corrected chi connectivity index (χ3v) is 3.28. The third-order valence-electron chi connectivity index (χ3n) is 3.28. The minimum atomic E-state index is -4.94. The fourth-order valence-electron chi connectivity index (χ4n) is 1.92. The summed E-state index contributed by atoms with van der Waals surface area (Å²) in [6.07, 6.45) is -4.94. The zero-order valence-corrected chi connectivity index (χ0v) is 13.3. The summed E-state index contributed by atoms with van der Waals surface area (Å²) in [4.78, 5) is 24.7. The molecule has 0 aliphatic carbocycles. The minimum Gasteiger partial charge on any atom is -0.325 e. The Hall–Kier alpha value is -2.09. The van der Waals surface area contributed by atoms with Crippen LogP contribution in [0.15, 0.2) is 18.2 Å². The second-order valence-corrected chi connectivity index (χ2v) is 4.99. The number of anilines is 2. The molecule has 2 amide bonds. The van der Waals surface area contributed by atoms with E-state index in [-0.39, 0.29) is 18.1 Å². The molecular weight excluding hydrogens is 311 g/mol. The Bertz CT molecular complexity index is 570. The summed E-state index contributed by atoms with van der Waals surface area (Å²) < 4.78 is 36.6. The number of likely N-dealkylation sites (N-methyl/N-ethyl adjacent to an activating group) is 1. The molecular formula is C15H20F3N3O2. The molecule has 2 N–H and O–H groups in total. The van der Waals surface area contributed by atoms with E-state index in [1.165, 1.54) is 18.2 Å². The summed E-state index contributed by atoms with van der Waals surface area (Å²) >= 11 is 0. The molecule has 0 fully saturated rings. The summed E-state index contributed by atoms with van der Waals surface area (Å²) in [6.45, 7) is 7.24. The van der Waals surface area contributed by atoms with Gasteiger partial charge < -0.3 is 10.6 Å². The van der Waals surface area contributed by atoms with E-state index >= 15 is 0 Å². The normalized spacial score (nSPS) is 11.4. The van der Waals surface area contributed by atoms with Crippen LogP contribution in [0.25, 0.3) is 0 Å². The molecule has 1 aromatic carbocycles. The lowest BCUT2D eigenvalue weighted by Crippen LogP contribution is -2.33. The number of carbonyl (C=O) groups excluding carboxylic acids is 2. The highest BCUT2D eigenvalue weighted by Gasteiger charge is 2.38. The highest BCUT2D eigenvalue weighted by Crippen LogP contribution is 2.22. The number of alkyl halides is 3. The van der Waals surface area contributed by atoms with E-state index in [9.17, 15) is 22.8 Å². The topological polar surface area (TPSA) is 61.4 Å². The van der Waals surface area contributed by atoms with Crippen LogP contribution in [0.2, 0.25) is 0 Å². The van der Waals surface area contributed by atoms with E-state index in [4.69, 9.17) is 0 Å². The Morgan fingerprint density at radius 1 is 1.13 bits per heavy atom. The first kappa shape index (κ1) is 19.0. The Morgan fingerprint density at radius 3 is 2.22 bits per heavy atom. The highest BCUT2D eigenvalue weighted by atomic mass is 19.4. The van der Waals surface area contributed by atoms with Gasteiger partial charge in [-0.15, -0.1) is 0 Å². The van der Waals surface area contributed by atoms with Crippen LogP contribution in [0.3, 0.4) is 0 Å². The molecule has 128 valence electrons. The number of benzene rings is 1. The van der Waals surface area contributed by atoms with Gasteiger partial charge in [0.1, 0.15) is 0 Å². The summed E-state index contributed by atoms with van der Waals surface area (Å²) in [5, 5.41) is 4.47. The zero-order chi connectivity index (χ0) is 17.6. The predicted molar refractivity (Wildman–Crippen MR) is 82.3 cm³/mol. The van der Waals surface area contributed by atoms with Crippen molar-refractivity contribution in [2.45, 2.75) is 26.9 Å². The van der Waals surface area contributed by atoms with Crippen molar-refractivity contribution in [3.8, 4) is 0 Å². The van der Waals surface area contributed by atoms with Crippen molar-refractivity contribution in [2.24, 2.45) is 0 Å². The van der Waals surface area contributed by atoms with E-state index in [1.54, 1.807) is 12.2 Å². The summed E-state index contributed by atoms with van der Waals surface area (Å²) in [7, 11) is 0. The maximum atomic E-state index is 12.2. The Labute approximate surface area is 132 Å². The average molecular weight is 331 g/mol. The molecule has 5 nitrogen and oxygen atoms in total. The molecule has 0 saturated carbocycles. The maximum absolute atomic E-state index is 12.2. The lowest BCUT2D eigenvalue weighted by molar-refractivity contribution is -0.167. The quantitative estimate of drug-likeness (QED) is 0.843. The van der Waals surface area contributed by atoms with Gasteiger partial charge in [-0.2, -0.15) is 13.2 Å². The number of halogens is 3. The first-order chi connectivity index (χ1) is 10.7. The van der Waals surface area contributed by atoms with Crippen LogP contribution >= 0.6 is 0 Å². The fourth-order valence-corrected chi connectivity index (χ4v) is 1.92. The number of amides is 2. The zero-order valence-electron chi connectivity index (χ0n) is 13.3. The van der Waals surface area contributed by atoms with Gasteiger partial charge in [-0.05, 0) is 43.8 Å².